The molecule has 0 saturated carbocycles. The molecule has 2 amide bonds. The molecule has 1 unspecified atom stereocenters. The van der Waals surface area contributed by atoms with Crippen molar-refractivity contribution in [1.29, 1.82) is 0 Å². The topological polar surface area (TPSA) is 70.2 Å². The van der Waals surface area contributed by atoms with Crippen LogP contribution in [-0.4, -0.2) is 16.9 Å². The third kappa shape index (κ3) is 6.90. The maximum absolute atomic E-state index is 12.5. The molecular formula is C25H23N3O2S. The zero-order chi connectivity index (χ0) is 22.1. The van der Waals surface area contributed by atoms with Gasteiger partial charge in [0.05, 0.1) is 6.04 Å². The van der Waals surface area contributed by atoms with Gasteiger partial charge < -0.3 is 10.6 Å². The van der Waals surface area contributed by atoms with Crippen LogP contribution in [0.4, 0.5) is 5.69 Å². The summed E-state index contributed by atoms with van der Waals surface area (Å²) in [5, 5.41) is 8.69. The Hall–Kier alpha value is -3.77. The van der Waals surface area contributed by atoms with Crippen molar-refractivity contribution in [3.05, 3.63) is 108 Å². The highest BCUT2D eigenvalue weighted by Gasteiger charge is 2.11. The fourth-order valence-electron chi connectivity index (χ4n) is 2.86. The van der Waals surface area contributed by atoms with Crippen LogP contribution in [0.15, 0.2) is 91.0 Å². The molecule has 0 aliphatic heterocycles. The molecule has 0 aromatic heterocycles. The minimum atomic E-state index is -0.327. The van der Waals surface area contributed by atoms with Gasteiger partial charge in [0.25, 0.3) is 5.91 Å². The lowest BCUT2D eigenvalue weighted by Crippen LogP contribution is -2.32. The Balaban J connectivity index is 1.50. The van der Waals surface area contributed by atoms with E-state index in [0.29, 0.717) is 11.3 Å². The van der Waals surface area contributed by atoms with Crippen molar-refractivity contribution in [2.45, 2.75) is 13.0 Å². The number of carbonyl (C=O) groups is 2. The molecule has 3 aromatic rings. The van der Waals surface area contributed by atoms with Crippen molar-refractivity contribution in [2.24, 2.45) is 0 Å². The van der Waals surface area contributed by atoms with Gasteiger partial charge in [-0.1, -0.05) is 60.7 Å². The number of hydrogen-bond donors (Lipinski definition) is 3. The van der Waals surface area contributed by atoms with Crippen molar-refractivity contribution < 1.29 is 9.59 Å². The molecule has 0 aliphatic rings. The number of benzene rings is 3. The van der Waals surface area contributed by atoms with E-state index in [0.717, 1.165) is 11.1 Å². The van der Waals surface area contributed by atoms with E-state index in [1.54, 1.807) is 30.3 Å². The highest BCUT2D eigenvalue weighted by atomic mass is 32.1. The first-order chi connectivity index (χ1) is 15.0. The lowest BCUT2D eigenvalue weighted by Gasteiger charge is -2.14. The number of carbonyl (C=O) groups excluding carboxylic acids is 2. The SMILES string of the molecule is CC(NC(=O)c1ccc(NC(=S)NC(=O)/C=C/c2ccccc2)cc1)c1ccccc1. The highest BCUT2D eigenvalue weighted by Crippen LogP contribution is 2.14. The van der Waals surface area contributed by atoms with Gasteiger partial charge in [0.15, 0.2) is 5.11 Å². The van der Waals surface area contributed by atoms with Crippen LogP contribution >= 0.6 is 12.2 Å². The molecule has 0 bridgehead atoms. The number of anilines is 1. The summed E-state index contributed by atoms with van der Waals surface area (Å²) in [5.41, 5.74) is 3.17. The Morgan fingerprint density at radius 1 is 0.871 bits per heavy atom. The summed E-state index contributed by atoms with van der Waals surface area (Å²) in [6.45, 7) is 1.94. The molecule has 156 valence electrons. The van der Waals surface area contributed by atoms with Gasteiger partial charge in [-0.15, -0.1) is 0 Å². The first-order valence-corrected chi connectivity index (χ1v) is 10.2. The molecule has 0 saturated heterocycles. The second kappa shape index (κ2) is 10.8. The Labute approximate surface area is 187 Å². The largest absolute Gasteiger partial charge is 0.346 e. The first-order valence-electron chi connectivity index (χ1n) is 9.82. The lowest BCUT2D eigenvalue weighted by molar-refractivity contribution is -0.115. The molecule has 6 heteroatoms. The molecule has 31 heavy (non-hydrogen) atoms. The number of hydrogen-bond acceptors (Lipinski definition) is 3. The summed E-state index contributed by atoms with van der Waals surface area (Å²) in [5.74, 6) is -0.489. The normalized spacial score (nSPS) is 11.5. The Morgan fingerprint density at radius 3 is 2.13 bits per heavy atom. The fraction of sp³-hybridized carbons (Fsp3) is 0.0800. The third-order valence-corrected chi connectivity index (χ3v) is 4.72. The average molecular weight is 430 g/mol. The van der Waals surface area contributed by atoms with Crippen molar-refractivity contribution in [1.82, 2.24) is 10.6 Å². The minimum absolute atomic E-state index is 0.0989. The molecular weight excluding hydrogens is 406 g/mol. The second-order valence-electron chi connectivity index (χ2n) is 6.87. The van der Waals surface area contributed by atoms with Crippen LogP contribution in [0.5, 0.6) is 0 Å². The van der Waals surface area contributed by atoms with Crippen molar-refractivity contribution in [3.63, 3.8) is 0 Å². The van der Waals surface area contributed by atoms with Crippen LogP contribution in [0, 0.1) is 0 Å². The molecule has 1 atom stereocenters. The average Bonchev–Trinajstić information content (AvgIpc) is 2.79. The molecule has 0 fully saturated rings. The van der Waals surface area contributed by atoms with Crippen LogP contribution in [0.2, 0.25) is 0 Å². The van der Waals surface area contributed by atoms with Crippen LogP contribution < -0.4 is 16.0 Å². The first kappa shape index (κ1) is 21.9. The van der Waals surface area contributed by atoms with Crippen molar-refractivity contribution in [2.75, 3.05) is 5.32 Å². The summed E-state index contributed by atoms with van der Waals surface area (Å²) in [4.78, 5) is 24.5. The number of nitrogens with one attached hydrogen (secondary N) is 3. The van der Waals surface area contributed by atoms with E-state index >= 15 is 0 Å². The second-order valence-corrected chi connectivity index (χ2v) is 7.28. The Morgan fingerprint density at radius 2 is 1.48 bits per heavy atom. The quantitative estimate of drug-likeness (QED) is 0.392. The van der Waals surface area contributed by atoms with Gasteiger partial charge in [-0.05, 0) is 60.6 Å². The molecule has 0 spiro atoms. The number of thiocarbonyl (C=S) groups is 1. The van der Waals surface area contributed by atoms with Crippen molar-refractivity contribution in [3.8, 4) is 0 Å². The minimum Gasteiger partial charge on any atom is -0.346 e. The highest BCUT2D eigenvalue weighted by molar-refractivity contribution is 7.80. The van der Waals surface area contributed by atoms with Gasteiger partial charge >= 0.3 is 0 Å². The maximum Gasteiger partial charge on any atom is 0.251 e. The summed E-state index contributed by atoms with van der Waals surface area (Å²) in [7, 11) is 0. The smallest absolute Gasteiger partial charge is 0.251 e. The van der Waals surface area contributed by atoms with E-state index < -0.39 is 0 Å². The zero-order valence-electron chi connectivity index (χ0n) is 17.0. The van der Waals surface area contributed by atoms with Gasteiger partial charge in [0.2, 0.25) is 5.91 Å². The van der Waals surface area contributed by atoms with Crippen molar-refractivity contribution >= 4 is 40.9 Å². The zero-order valence-corrected chi connectivity index (χ0v) is 17.9. The summed E-state index contributed by atoms with van der Waals surface area (Å²) < 4.78 is 0. The molecule has 3 N–H and O–H groups in total. The van der Waals surface area contributed by atoms with Gasteiger partial charge in [0.1, 0.15) is 0 Å². The van der Waals surface area contributed by atoms with E-state index in [4.69, 9.17) is 12.2 Å². The van der Waals surface area contributed by atoms with Crippen LogP contribution in [0.3, 0.4) is 0 Å². The van der Waals surface area contributed by atoms with Gasteiger partial charge in [-0.3, -0.25) is 14.9 Å². The molecule has 3 aromatic carbocycles. The van der Waals surface area contributed by atoms with E-state index in [-0.39, 0.29) is 23.0 Å². The third-order valence-electron chi connectivity index (χ3n) is 4.52. The molecule has 0 aliphatic carbocycles. The predicted molar refractivity (Wildman–Crippen MR) is 129 cm³/mol. The molecule has 0 radical (unpaired) electrons. The Bertz CT molecular complexity index is 1060. The van der Waals surface area contributed by atoms with Crippen LogP contribution in [0.25, 0.3) is 6.08 Å². The van der Waals surface area contributed by atoms with Gasteiger partial charge in [0, 0.05) is 17.3 Å². The van der Waals surface area contributed by atoms with E-state index in [9.17, 15) is 9.59 Å². The number of amides is 2. The number of rotatable bonds is 6. The monoisotopic (exact) mass is 429 g/mol. The Kier molecular flexibility index (Phi) is 7.67. The van der Waals surface area contributed by atoms with E-state index in [1.165, 1.54) is 6.08 Å². The molecule has 5 nitrogen and oxygen atoms in total. The van der Waals surface area contributed by atoms with Gasteiger partial charge in [-0.2, -0.15) is 0 Å². The lowest BCUT2D eigenvalue weighted by atomic mass is 10.1. The fourth-order valence-corrected chi connectivity index (χ4v) is 3.08. The maximum atomic E-state index is 12.5. The predicted octanol–water partition coefficient (Wildman–Crippen LogP) is 4.70. The van der Waals surface area contributed by atoms with Crippen LogP contribution in [0.1, 0.15) is 34.5 Å². The van der Waals surface area contributed by atoms with Crippen LogP contribution in [-0.2, 0) is 4.79 Å². The van der Waals surface area contributed by atoms with E-state index in [1.807, 2.05) is 67.6 Å². The molecule has 3 rings (SSSR count). The van der Waals surface area contributed by atoms with E-state index in [2.05, 4.69) is 16.0 Å². The summed E-state index contributed by atoms with van der Waals surface area (Å²) in [6, 6.07) is 26.1. The summed E-state index contributed by atoms with van der Waals surface area (Å²) >= 11 is 5.18. The standard InChI is InChI=1S/C25H23N3O2S/c1-18(20-10-6-3-7-11-20)26-24(30)21-13-15-22(16-14-21)27-25(31)28-23(29)17-12-19-8-4-2-5-9-19/h2-18H,1H3,(H,26,30)(H2,27,28,29,31)/b17-12+. The van der Waals surface area contributed by atoms with Gasteiger partial charge in [-0.25, -0.2) is 0 Å². The summed E-state index contributed by atoms with van der Waals surface area (Å²) in [6.07, 6.45) is 3.13. The molecule has 0 heterocycles.